The van der Waals surface area contributed by atoms with Gasteiger partial charge in [0.1, 0.15) is 0 Å². The minimum absolute atomic E-state index is 0.125. The molecule has 0 aliphatic carbocycles. The molecule has 1 fully saturated rings. The van der Waals surface area contributed by atoms with E-state index in [4.69, 9.17) is 11.5 Å². The number of nitrogen functional groups attached to an aromatic ring is 1. The Bertz CT molecular complexity index is 1100. The van der Waals surface area contributed by atoms with Gasteiger partial charge in [-0.3, -0.25) is 9.78 Å². The molecular formula is C23H28N6O. The van der Waals surface area contributed by atoms with Gasteiger partial charge in [-0.2, -0.15) is 0 Å². The molecule has 5 N–H and O–H groups in total. The number of nitrogens with one attached hydrogen (secondary N) is 1. The summed E-state index contributed by atoms with van der Waals surface area (Å²) < 4.78 is 0. The number of fused-ring (bicyclic) bond motifs is 1. The molecule has 4 rings (SSSR count). The smallest absolute Gasteiger partial charge is 0.276 e. The van der Waals surface area contributed by atoms with E-state index >= 15 is 0 Å². The highest BCUT2D eigenvalue weighted by Gasteiger charge is 2.23. The molecule has 0 radical (unpaired) electrons. The van der Waals surface area contributed by atoms with Gasteiger partial charge >= 0.3 is 0 Å². The van der Waals surface area contributed by atoms with Crippen LogP contribution in [0.3, 0.4) is 0 Å². The Balaban J connectivity index is 1.67. The van der Waals surface area contributed by atoms with Gasteiger partial charge in [-0.1, -0.05) is 19.1 Å². The molecule has 7 heteroatoms. The monoisotopic (exact) mass is 404 g/mol. The van der Waals surface area contributed by atoms with Crippen molar-refractivity contribution in [1.82, 2.24) is 9.97 Å². The van der Waals surface area contributed by atoms with Crippen LogP contribution in [-0.4, -0.2) is 35.0 Å². The van der Waals surface area contributed by atoms with Gasteiger partial charge in [-0.05, 0) is 49.4 Å². The second-order valence-electron chi connectivity index (χ2n) is 7.96. The van der Waals surface area contributed by atoms with E-state index in [0.29, 0.717) is 11.4 Å². The minimum atomic E-state index is -0.341. The fourth-order valence-corrected chi connectivity index (χ4v) is 4.09. The number of hydrogen-bond acceptors (Lipinski definition) is 6. The summed E-state index contributed by atoms with van der Waals surface area (Å²) in [4.78, 5) is 24.2. The average Bonchev–Trinajstić information content (AvgIpc) is 2.73. The number of aryl methyl sites for hydroxylation is 2. The zero-order valence-corrected chi connectivity index (χ0v) is 17.5. The zero-order valence-electron chi connectivity index (χ0n) is 17.5. The molecule has 3 aromatic rings. The maximum Gasteiger partial charge on any atom is 0.276 e. The first-order valence-electron chi connectivity index (χ1n) is 10.4. The van der Waals surface area contributed by atoms with Crippen molar-refractivity contribution in [2.45, 2.75) is 39.2 Å². The number of rotatable bonds is 4. The molecule has 2 aromatic heterocycles. The summed E-state index contributed by atoms with van der Waals surface area (Å²) in [5.74, 6) is -0.341. The predicted octanol–water partition coefficient (Wildman–Crippen LogP) is 3.26. The normalized spacial score (nSPS) is 16.6. The van der Waals surface area contributed by atoms with E-state index in [0.717, 1.165) is 60.1 Å². The molecule has 1 saturated heterocycles. The fourth-order valence-electron chi connectivity index (χ4n) is 4.09. The molecule has 7 nitrogen and oxygen atoms in total. The van der Waals surface area contributed by atoms with Crippen molar-refractivity contribution in [2.75, 3.05) is 29.0 Å². The van der Waals surface area contributed by atoms with E-state index < -0.39 is 0 Å². The second kappa shape index (κ2) is 8.28. The van der Waals surface area contributed by atoms with Crippen LogP contribution in [0.4, 0.5) is 17.1 Å². The van der Waals surface area contributed by atoms with Gasteiger partial charge in [0.2, 0.25) is 0 Å². The van der Waals surface area contributed by atoms with Crippen LogP contribution >= 0.6 is 0 Å². The van der Waals surface area contributed by atoms with E-state index in [-0.39, 0.29) is 17.6 Å². The number of hydrogen-bond donors (Lipinski definition) is 3. The van der Waals surface area contributed by atoms with Crippen LogP contribution in [0.15, 0.2) is 36.7 Å². The number of carbonyl (C=O) groups excluding carboxylic acids is 1. The summed E-state index contributed by atoms with van der Waals surface area (Å²) in [6.45, 7) is 5.74. The lowest BCUT2D eigenvalue weighted by Crippen LogP contribution is -2.43. The molecule has 1 aliphatic rings. The minimum Gasteiger partial charge on any atom is -0.397 e. The van der Waals surface area contributed by atoms with Gasteiger partial charge in [-0.25, -0.2) is 4.98 Å². The number of anilines is 3. The molecule has 1 amide bonds. The standard InChI is InChI=1S/C23H28N6O/c1-3-15-6-7-16-10-18(25)21(27-19(16)9-15)23(30)28-20-12-26-11-14(2)22(20)29-8-4-5-17(24)13-29/h6-7,9-12,17H,3-5,8,13,24-25H2,1-2H3,(H,28,30). The van der Waals surface area contributed by atoms with Crippen molar-refractivity contribution in [3.63, 3.8) is 0 Å². The molecule has 1 aliphatic heterocycles. The summed E-state index contributed by atoms with van der Waals surface area (Å²) >= 11 is 0. The Labute approximate surface area is 176 Å². The number of amides is 1. The molecule has 1 atom stereocenters. The van der Waals surface area contributed by atoms with Gasteiger partial charge in [0.15, 0.2) is 5.69 Å². The number of pyridine rings is 2. The van der Waals surface area contributed by atoms with E-state index in [2.05, 4.69) is 33.2 Å². The second-order valence-corrected chi connectivity index (χ2v) is 7.96. The van der Waals surface area contributed by atoms with Crippen molar-refractivity contribution in [3.05, 3.63) is 53.5 Å². The quantitative estimate of drug-likeness (QED) is 0.616. The van der Waals surface area contributed by atoms with Crippen LogP contribution in [0.2, 0.25) is 0 Å². The lowest BCUT2D eigenvalue weighted by Gasteiger charge is -2.34. The third kappa shape index (κ3) is 3.93. The molecule has 1 unspecified atom stereocenters. The molecule has 30 heavy (non-hydrogen) atoms. The number of benzene rings is 1. The van der Waals surface area contributed by atoms with E-state index in [1.165, 1.54) is 0 Å². The molecule has 0 spiro atoms. The Kier molecular flexibility index (Phi) is 5.55. The fraction of sp³-hybridized carbons (Fsp3) is 0.348. The Morgan fingerprint density at radius 3 is 2.90 bits per heavy atom. The van der Waals surface area contributed by atoms with Gasteiger partial charge in [0.25, 0.3) is 5.91 Å². The molecular weight excluding hydrogens is 376 g/mol. The van der Waals surface area contributed by atoms with Crippen molar-refractivity contribution in [3.8, 4) is 0 Å². The van der Waals surface area contributed by atoms with Crippen LogP contribution in [0.1, 0.15) is 41.4 Å². The number of nitrogens with zero attached hydrogens (tertiary/aromatic N) is 3. The zero-order chi connectivity index (χ0) is 21.3. The van der Waals surface area contributed by atoms with Gasteiger partial charge < -0.3 is 21.7 Å². The Hall–Kier alpha value is -3.19. The molecule has 3 heterocycles. The lowest BCUT2D eigenvalue weighted by molar-refractivity contribution is 0.102. The molecule has 0 bridgehead atoms. The van der Waals surface area contributed by atoms with E-state index in [1.807, 2.05) is 19.1 Å². The van der Waals surface area contributed by atoms with Crippen molar-refractivity contribution in [2.24, 2.45) is 5.73 Å². The van der Waals surface area contributed by atoms with Crippen molar-refractivity contribution in [1.29, 1.82) is 0 Å². The van der Waals surface area contributed by atoms with Crippen LogP contribution in [0.5, 0.6) is 0 Å². The lowest BCUT2D eigenvalue weighted by atomic mass is 10.0. The van der Waals surface area contributed by atoms with Crippen LogP contribution < -0.4 is 21.7 Å². The number of nitrogens with two attached hydrogens (primary N) is 2. The highest BCUT2D eigenvalue weighted by Crippen LogP contribution is 2.31. The summed E-state index contributed by atoms with van der Waals surface area (Å²) in [6.07, 6.45) is 6.42. The average molecular weight is 405 g/mol. The number of aromatic nitrogens is 2. The molecule has 0 saturated carbocycles. The largest absolute Gasteiger partial charge is 0.397 e. The number of carbonyl (C=O) groups is 1. The third-order valence-corrected chi connectivity index (χ3v) is 5.66. The summed E-state index contributed by atoms with van der Waals surface area (Å²) in [5, 5.41) is 3.91. The highest BCUT2D eigenvalue weighted by atomic mass is 16.1. The third-order valence-electron chi connectivity index (χ3n) is 5.66. The maximum atomic E-state index is 13.1. The van der Waals surface area contributed by atoms with Crippen molar-refractivity contribution < 1.29 is 4.79 Å². The van der Waals surface area contributed by atoms with E-state index in [1.54, 1.807) is 18.5 Å². The topological polar surface area (TPSA) is 110 Å². The molecule has 156 valence electrons. The first-order chi connectivity index (χ1) is 14.5. The van der Waals surface area contributed by atoms with Crippen LogP contribution in [0, 0.1) is 6.92 Å². The van der Waals surface area contributed by atoms with Gasteiger partial charge in [0.05, 0.1) is 28.8 Å². The van der Waals surface area contributed by atoms with Crippen LogP contribution in [0.25, 0.3) is 10.9 Å². The highest BCUT2D eigenvalue weighted by molar-refractivity contribution is 6.09. The van der Waals surface area contributed by atoms with Crippen molar-refractivity contribution >= 4 is 33.9 Å². The summed E-state index contributed by atoms with van der Waals surface area (Å²) in [7, 11) is 0. The summed E-state index contributed by atoms with van der Waals surface area (Å²) in [5.41, 5.74) is 17.5. The van der Waals surface area contributed by atoms with Gasteiger partial charge in [-0.15, -0.1) is 0 Å². The Morgan fingerprint density at radius 1 is 1.30 bits per heavy atom. The van der Waals surface area contributed by atoms with E-state index in [9.17, 15) is 4.79 Å². The Morgan fingerprint density at radius 2 is 2.13 bits per heavy atom. The predicted molar refractivity (Wildman–Crippen MR) is 122 cm³/mol. The SMILES string of the molecule is CCc1ccc2cc(N)c(C(=O)Nc3cncc(C)c3N3CCCC(N)C3)nc2c1. The molecule has 1 aromatic carbocycles. The van der Waals surface area contributed by atoms with Crippen LogP contribution in [-0.2, 0) is 6.42 Å². The first-order valence-corrected chi connectivity index (χ1v) is 10.4. The summed E-state index contributed by atoms with van der Waals surface area (Å²) in [6, 6.07) is 7.97. The first kappa shape index (κ1) is 20.1. The maximum absolute atomic E-state index is 13.1. The van der Waals surface area contributed by atoms with Gasteiger partial charge in [0, 0.05) is 30.7 Å². The number of piperidine rings is 1.